The molecule has 4 N–H and O–H groups in total. The Hall–Kier alpha value is -3.63. The van der Waals surface area contributed by atoms with E-state index in [4.69, 9.17) is 4.42 Å². The number of pyridine rings is 1. The fourth-order valence-corrected chi connectivity index (χ4v) is 5.71. The van der Waals surface area contributed by atoms with Crippen molar-refractivity contribution in [3.05, 3.63) is 66.2 Å². The topological polar surface area (TPSA) is 137 Å². The van der Waals surface area contributed by atoms with Crippen LogP contribution in [0.1, 0.15) is 56.1 Å². The largest absolute Gasteiger partial charge is 0.464 e. The number of anilines is 1. The average Bonchev–Trinajstić information content (AvgIpc) is 3.58. The molecule has 1 amide bonds. The van der Waals surface area contributed by atoms with Gasteiger partial charge in [0.25, 0.3) is 15.9 Å². The summed E-state index contributed by atoms with van der Waals surface area (Å²) in [6.07, 6.45) is 4.49. The Kier molecular flexibility index (Phi) is 6.33. The molecule has 37 heavy (non-hydrogen) atoms. The minimum absolute atomic E-state index is 0.0962. The van der Waals surface area contributed by atoms with Crippen LogP contribution in [0.5, 0.6) is 0 Å². The average molecular weight is 523 g/mol. The molecule has 0 radical (unpaired) electrons. The maximum absolute atomic E-state index is 13.2. The van der Waals surface area contributed by atoms with Crippen molar-refractivity contribution in [2.45, 2.75) is 62.5 Å². The van der Waals surface area contributed by atoms with Gasteiger partial charge in [0.05, 0.1) is 40.8 Å². The van der Waals surface area contributed by atoms with Crippen molar-refractivity contribution < 1.29 is 22.7 Å². The molecule has 1 aliphatic rings. The molecule has 4 aromatic rings. The van der Waals surface area contributed by atoms with Gasteiger partial charge in [-0.1, -0.05) is 32.9 Å². The van der Waals surface area contributed by atoms with E-state index in [0.717, 1.165) is 12.0 Å². The first-order chi connectivity index (χ1) is 17.5. The van der Waals surface area contributed by atoms with E-state index in [1.807, 2.05) is 12.1 Å². The molecule has 1 aromatic carbocycles. The number of furan rings is 1. The molecule has 1 saturated carbocycles. The summed E-state index contributed by atoms with van der Waals surface area (Å²) in [4.78, 5) is 20.7. The SMILES string of the molecule is CC(C)(C)c1ccc(S(=O)(=O)Nc2cnc3[nH]c(C(=O)NC4CCCC4O)c(-c4ccco4)c3c2)cc1. The van der Waals surface area contributed by atoms with Gasteiger partial charge in [0.1, 0.15) is 17.1 Å². The number of hydrogen-bond acceptors (Lipinski definition) is 6. The van der Waals surface area contributed by atoms with Crippen LogP contribution in [0.25, 0.3) is 22.4 Å². The maximum Gasteiger partial charge on any atom is 0.268 e. The van der Waals surface area contributed by atoms with Crippen molar-refractivity contribution in [3.63, 3.8) is 0 Å². The van der Waals surface area contributed by atoms with E-state index in [1.54, 1.807) is 30.3 Å². The Morgan fingerprint density at radius 1 is 1.16 bits per heavy atom. The lowest BCUT2D eigenvalue weighted by Gasteiger charge is -2.19. The van der Waals surface area contributed by atoms with Gasteiger partial charge >= 0.3 is 0 Å². The Morgan fingerprint density at radius 3 is 2.54 bits per heavy atom. The van der Waals surface area contributed by atoms with Gasteiger partial charge in [-0.25, -0.2) is 13.4 Å². The third-order valence-electron chi connectivity index (χ3n) is 6.72. The van der Waals surface area contributed by atoms with E-state index in [0.29, 0.717) is 35.2 Å². The number of carbonyl (C=O) groups excluding carboxylic acids is 1. The monoisotopic (exact) mass is 522 g/mol. The number of fused-ring (bicyclic) bond motifs is 1. The molecule has 1 aliphatic carbocycles. The third-order valence-corrected chi connectivity index (χ3v) is 8.12. The first kappa shape index (κ1) is 25.0. The normalized spacial score (nSPS) is 18.3. The predicted octanol–water partition coefficient (Wildman–Crippen LogP) is 4.56. The van der Waals surface area contributed by atoms with Crippen LogP contribution >= 0.6 is 0 Å². The summed E-state index contributed by atoms with van der Waals surface area (Å²) < 4.78 is 34.4. The van der Waals surface area contributed by atoms with Gasteiger partial charge < -0.3 is 19.8 Å². The van der Waals surface area contributed by atoms with E-state index in [9.17, 15) is 18.3 Å². The van der Waals surface area contributed by atoms with Gasteiger partial charge in [0.2, 0.25) is 0 Å². The van der Waals surface area contributed by atoms with Crippen LogP contribution in [0.3, 0.4) is 0 Å². The summed E-state index contributed by atoms with van der Waals surface area (Å²) in [6, 6.07) is 11.5. The zero-order chi connectivity index (χ0) is 26.4. The highest BCUT2D eigenvalue weighted by atomic mass is 32.2. The number of nitrogens with zero attached hydrogens (tertiary/aromatic N) is 1. The Bertz CT molecular complexity index is 1530. The van der Waals surface area contributed by atoms with E-state index < -0.39 is 22.0 Å². The van der Waals surface area contributed by atoms with Crippen LogP contribution in [-0.2, 0) is 15.4 Å². The quantitative estimate of drug-likeness (QED) is 0.293. The van der Waals surface area contributed by atoms with Crippen molar-refractivity contribution in [2.75, 3.05) is 4.72 Å². The van der Waals surface area contributed by atoms with Gasteiger partial charge in [-0.2, -0.15) is 0 Å². The molecule has 0 aliphatic heterocycles. The first-order valence-corrected chi connectivity index (χ1v) is 13.7. The van der Waals surface area contributed by atoms with Gasteiger partial charge in [0.15, 0.2) is 0 Å². The lowest BCUT2D eigenvalue weighted by atomic mass is 9.87. The van der Waals surface area contributed by atoms with Crippen LogP contribution in [-0.4, -0.2) is 41.5 Å². The fraction of sp³-hybridized carbons (Fsp3) is 0.333. The minimum Gasteiger partial charge on any atom is -0.464 e. The zero-order valence-corrected chi connectivity index (χ0v) is 21.7. The molecule has 0 saturated heterocycles. The Labute approximate surface area is 215 Å². The van der Waals surface area contributed by atoms with Crippen molar-refractivity contribution in [1.29, 1.82) is 0 Å². The number of nitrogens with one attached hydrogen (secondary N) is 3. The molecule has 5 rings (SSSR count). The second-order valence-corrected chi connectivity index (χ2v) is 12.1. The van der Waals surface area contributed by atoms with E-state index in [-0.39, 0.29) is 27.7 Å². The summed E-state index contributed by atoms with van der Waals surface area (Å²) in [5.41, 5.74) is 2.28. The molecule has 1 fully saturated rings. The molecule has 0 spiro atoms. The number of rotatable bonds is 6. The highest BCUT2D eigenvalue weighted by molar-refractivity contribution is 7.92. The van der Waals surface area contributed by atoms with E-state index in [1.165, 1.54) is 12.5 Å². The number of amides is 1. The van der Waals surface area contributed by atoms with Crippen LogP contribution in [0, 0.1) is 0 Å². The molecule has 194 valence electrons. The summed E-state index contributed by atoms with van der Waals surface area (Å²) >= 11 is 0. The van der Waals surface area contributed by atoms with Gasteiger partial charge in [-0.05, 0) is 60.6 Å². The number of aromatic nitrogens is 2. The molecule has 3 aromatic heterocycles. The fourth-order valence-electron chi connectivity index (χ4n) is 4.67. The summed E-state index contributed by atoms with van der Waals surface area (Å²) in [7, 11) is -3.87. The van der Waals surface area contributed by atoms with Gasteiger partial charge in [0, 0.05) is 5.39 Å². The standard InChI is InChI=1S/C27H30N4O5S/c1-27(2,3)16-9-11-18(12-10-16)37(34,35)31-17-14-19-23(22-8-5-13-36-22)24(30-25(19)28-15-17)26(33)29-20-6-4-7-21(20)32/h5,8-15,20-21,31-32H,4,6-7H2,1-3H3,(H,28,30)(H,29,33). The van der Waals surface area contributed by atoms with E-state index in [2.05, 4.69) is 40.8 Å². The Balaban J connectivity index is 1.49. The number of aromatic amines is 1. The van der Waals surface area contributed by atoms with Crippen molar-refractivity contribution in [3.8, 4) is 11.3 Å². The molecule has 10 heteroatoms. The molecular weight excluding hydrogens is 492 g/mol. The first-order valence-electron chi connectivity index (χ1n) is 12.2. The van der Waals surface area contributed by atoms with Crippen molar-refractivity contribution in [1.82, 2.24) is 15.3 Å². The molecule has 2 atom stereocenters. The lowest BCUT2D eigenvalue weighted by molar-refractivity contribution is 0.0869. The molecule has 2 unspecified atom stereocenters. The number of H-pyrrole nitrogens is 1. The summed E-state index contributed by atoms with van der Waals surface area (Å²) in [5.74, 6) is 0.0411. The number of hydrogen-bond donors (Lipinski definition) is 4. The Morgan fingerprint density at radius 2 is 1.92 bits per heavy atom. The number of aliphatic hydroxyl groups excluding tert-OH is 1. The second-order valence-electron chi connectivity index (χ2n) is 10.4. The van der Waals surface area contributed by atoms with Crippen LogP contribution in [0.4, 0.5) is 5.69 Å². The van der Waals surface area contributed by atoms with E-state index >= 15 is 0 Å². The smallest absolute Gasteiger partial charge is 0.268 e. The summed E-state index contributed by atoms with van der Waals surface area (Å²) in [6.45, 7) is 6.19. The van der Waals surface area contributed by atoms with Crippen molar-refractivity contribution >= 4 is 32.7 Å². The molecule has 0 bridgehead atoms. The van der Waals surface area contributed by atoms with Crippen LogP contribution < -0.4 is 10.0 Å². The number of carbonyl (C=O) groups is 1. The highest BCUT2D eigenvalue weighted by Crippen LogP contribution is 2.34. The van der Waals surface area contributed by atoms with Crippen LogP contribution in [0.2, 0.25) is 0 Å². The number of benzene rings is 1. The van der Waals surface area contributed by atoms with Gasteiger partial charge in [-0.3, -0.25) is 9.52 Å². The van der Waals surface area contributed by atoms with Crippen molar-refractivity contribution in [2.24, 2.45) is 0 Å². The van der Waals surface area contributed by atoms with Gasteiger partial charge in [-0.15, -0.1) is 0 Å². The third kappa shape index (κ3) is 4.99. The minimum atomic E-state index is -3.87. The molecular formula is C27H30N4O5S. The molecule has 3 heterocycles. The second kappa shape index (κ2) is 9.35. The highest BCUT2D eigenvalue weighted by Gasteiger charge is 2.30. The zero-order valence-electron chi connectivity index (χ0n) is 20.9. The maximum atomic E-state index is 13.2. The predicted molar refractivity (Wildman–Crippen MR) is 141 cm³/mol. The number of aliphatic hydroxyl groups is 1. The lowest BCUT2D eigenvalue weighted by Crippen LogP contribution is -2.40. The molecule has 9 nitrogen and oxygen atoms in total. The van der Waals surface area contributed by atoms with Crippen LogP contribution in [0.15, 0.2) is 64.2 Å². The number of sulfonamides is 1. The summed E-state index contributed by atoms with van der Waals surface area (Å²) in [5, 5.41) is 13.6.